The number of aromatic nitrogens is 1. The lowest BCUT2D eigenvalue weighted by atomic mass is 10.4. The Labute approximate surface area is 195 Å². The average Bonchev–Trinajstić information content (AvgIpc) is 3.04. The molecule has 1 aromatic rings. The standard InChI is InChI=1S/C18H24N2O8S4/c21-16-6-7-17(22)20(16)28-18(23)8-14-32(26,27)13-4-12-31(24,25)11-3-10-29-30-15-5-1-2-9-19-15/h1-2,5,9H,3-4,6-8,10-14H2. The van der Waals surface area contributed by atoms with E-state index in [1.807, 2.05) is 18.2 Å². The van der Waals surface area contributed by atoms with E-state index in [-0.39, 0.29) is 36.5 Å². The summed E-state index contributed by atoms with van der Waals surface area (Å²) in [5.41, 5.74) is 0. The maximum atomic E-state index is 12.1. The van der Waals surface area contributed by atoms with Crippen LogP contribution in [0.15, 0.2) is 29.4 Å². The molecule has 178 valence electrons. The van der Waals surface area contributed by atoms with Crippen LogP contribution in [0, 0.1) is 0 Å². The highest BCUT2D eigenvalue weighted by molar-refractivity contribution is 8.76. The van der Waals surface area contributed by atoms with Gasteiger partial charge in [0.15, 0.2) is 9.84 Å². The number of imide groups is 1. The second-order valence-corrected chi connectivity index (χ2v) is 13.9. The molecule has 0 radical (unpaired) electrons. The van der Waals surface area contributed by atoms with Gasteiger partial charge in [-0.05, 0) is 35.8 Å². The largest absolute Gasteiger partial charge is 0.334 e. The van der Waals surface area contributed by atoms with Crippen molar-refractivity contribution in [3.05, 3.63) is 24.4 Å². The Morgan fingerprint density at radius 1 is 0.969 bits per heavy atom. The number of carbonyl (C=O) groups excluding carboxylic acids is 3. The molecular formula is C18H24N2O8S4. The molecule has 0 aromatic carbocycles. The van der Waals surface area contributed by atoms with Gasteiger partial charge >= 0.3 is 5.97 Å². The molecule has 0 saturated carbocycles. The molecular weight excluding hydrogens is 500 g/mol. The number of carbonyl (C=O) groups is 3. The van der Waals surface area contributed by atoms with Crippen molar-refractivity contribution in [1.29, 1.82) is 0 Å². The average molecular weight is 525 g/mol. The van der Waals surface area contributed by atoms with Gasteiger partial charge in [-0.1, -0.05) is 16.9 Å². The summed E-state index contributed by atoms with van der Waals surface area (Å²) < 4.78 is 48.3. The Morgan fingerprint density at radius 2 is 1.59 bits per heavy atom. The van der Waals surface area contributed by atoms with Crippen molar-refractivity contribution in [3.63, 3.8) is 0 Å². The molecule has 10 nitrogen and oxygen atoms in total. The van der Waals surface area contributed by atoms with E-state index < -0.39 is 49.6 Å². The van der Waals surface area contributed by atoms with E-state index in [1.165, 1.54) is 21.6 Å². The molecule has 0 atom stereocenters. The first-order valence-corrected chi connectivity index (χ1v) is 15.7. The molecule has 0 N–H and O–H groups in total. The quantitative estimate of drug-likeness (QED) is 0.198. The van der Waals surface area contributed by atoms with Crippen LogP contribution in [0.5, 0.6) is 0 Å². The highest BCUT2D eigenvalue weighted by Crippen LogP contribution is 2.29. The number of sulfone groups is 2. The third-order valence-electron chi connectivity index (χ3n) is 4.19. The minimum absolute atomic E-state index is 0.0347. The first-order valence-electron chi connectivity index (χ1n) is 9.76. The highest BCUT2D eigenvalue weighted by Gasteiger charge is 2.33. The lowest BCUT2D eigenvalue weighted by molar-refractivity contribution is -0.197. The van der Waals surface area contributed by atoms with E-state index in [4.69, 9.17) is 0 Å². The molecule has 2 amide bonds. The zero-order valence-corrected chi connectivity index (χ0v) is 20.4. The summed E-state index contributed by atoms with van der Waals surface area (Å²) in [6.45, 7) is 0. The molecule has 0 aliphatic carbocycles. The van der Waals surface area contributed by atoms with E-state index in [0.717, 1.165) is 5.03 Å². The highest BCUT2D eigenvalue weighted by atomic mass is 33.1. The molecule has 2 heterocycles. The molecule has 0 spiro atoms. The summed E-state index contributed by atoms with van der Waals surface area (Å²) in [5, 5.41) is 1.20. The molecule has 0 unspecified atom stereocenters. The monoisotopic (exact) mass is 524 g/mol. The van der Waals surface area contributed by atoms with Gasteiger partial charge in [-0.15, -0.1) is 5.06 Å². The minimum Gasteiger partial charge on any atom is -0.330 e. The first-order chi connectivity index (χ1) is 15.1. The molecule has 14 heteroatoms. The van der Waals surface area contributed by atoms with Crippen LogP contribution < -0.4 is 0 Å². The molecule has 2 rings (SSSR count). The van der Waals surface area contributed by atoms with Gasteiger partial charge in [0.1, 0.15) is 14.9 Å². The normalized spacial score (nSPS) is 14.7. The second-order valence-electron chi connectivity index (χ2n) is 6.88. The van der Waals surface area contributed by atoms with Crippen LogP contribution in [0.1, 0.15) is 32.1 Å². The Morgan fingerprint density at radius 3 is 2.22 bits per heavy atom. The van der Waals surface area contributed by atoms with Crippen LogP contribution in [0.3, 0.4) is 0 Å². The van der Waals surface area contributed by atoms with Crippen LogP contribution in [-0.4, -0.2) is 73.4 Å². The van der Waals surface area contributed by atoms with E-state index in [0.29, 0.717) is 17.2 Å². The fourth-order valence-corrected chi connectivity index (χ4v) is 7.55. The smallest absolute Gasteiger partial charge is 0.330 e. The Hall–Kier alpha value is -1.64. The predicted molar refractivity (Wildman–Crippen MR) is 121 cm³/mol. The summed E-state index contributed by atoms with van der Waals surface area (Å²) in [4.78, 5) is 43.2. The van der Waals surface area contributed by atoms with Gasteiger partial charge in [0, 0.05) is 24.8 Å². The van der Waals surface area contributed by atoms with Crippen LogP contribution in [-0.2, 0) is 38.9 Å². The van der Waals surface area contributed by atoms with E-state index in [9.17, 15) is 31.2 Å². The predicted octanol–water partition coefficient (Wildman–Crippen LogP) is 1.43. The van der Waals surface area contributed by atoms with Crippen molar-refractivity contribution in [2.45, 2.75) is 37.1 Å². The number of amides is 2. The lowest BCUT2D eigenvalue weighted by Crippen LogP contribution is -2.32. The van der Waals surface area contributed by atoms with Crippen molar-refractivity contribution < 1.29 is 36.1 Å². The maximum absolute atomic E-state index is 12.1. The maximum Gasteiger partial charge on any atom is 0.334 e. The number of rotatable bonds is 14. The van der Waals surface area contributed by atoms with Gasteiger partial charge in [-0.2, -0.15) is 0 Å². The zero-order chi connectivity index (χ0) is 23.6. The summed E-state index contributed by atoms with van der Waals surface area (Å²) in [6.07, 6.45) is 1.41. The third kappa shape index (κ3) is 9.88. The second kappa shape index (κ2) is 12.6. The minimum atomic E-state index is -3.69. The lowest BCUT2D eigenvalue weighted by Gasteiger charge is -2.12. The van der Waals surface area contributed by atoms with Gasteiger partial charge in [-0.25, -0.2) is 26.6 Å². The van der Waals surface area contributed by atoms with Gasteiger partial charge in [0.2, 0.25) is 0 Å². The first kappa shape index (κ1) is 26.6. The van der Waals surface area contributed by atoms with E-state index in [1.54, 1.807) is 6.20 Å². The van der Waals surface area contributed by atoms with E-state index in [2.05, 4.69) is 9.82 Å². The fraction of sp³-hybridized carbons (Fsp3) is 0.556. The third-order valence-corrected chi connectivity index (χ3v) is 10.1. The van der Waals surface area contributed by atoms with Crippen LogP contribution in [0.25, 0.3) is 0 Å². The Bertz CT molecular complexity index is 997. The molecule has 1 saturated heterocycles. The number of hydrogen-bond acceptors (Lipinski definition) is 11. The summed E-state index contributed by atoms with van der Waals surface area (Å²) in [5.74, 6) is -2.92. The van der Waals surface area contributed by atoms with Gasteiger partial charge < -0.3 is 4.84 Å². The van der Waals surface area contributed by atoms with Crippen molar-refractivity contribution >= 4 is 59.0 Å². The molecule has 1 fully saturated rings. The summed E-state index contributed by atoms with van der Waals surface area (Å²) >= 11 is 0. The SMILES string of the molecule is O=C(CCS(=O)(=O)CCCS(=O)(=O)CCCSSc1ccccn1)ON1C(=O)CCC1=O. The van der Waals surface area contributed by atoms with Crippen molar-refractivity contribution in [2.75, 3.05) is 28.8 Å². The fourth-order valence-electron chi connectivity index (χ4n) is 2.58. The molecule has 1 aliphatic heterocycles. The summed E-state index contributed by atoms with van der Waals surface area (Å²) in [6, 6.07) is 5.54. The number of hydrogen-bond donors (Lipinski definition) is 0. The van der Waals surface area contributed by atoms with Gasteiger partial charge in [0.05, 0.1) is 29.4 Å². The van der Waals surface area contributed by atoms with Crippen LogP contribution in [0.4, 0.5) is 0 Å². The number of nitrogens with zero attached hydrogens (tertiary/aromatic N) is 2. The molecule has 32 heavy (non-hydrogen) atoms. The molecule has 1 aliphatic rings. The van der Waals surface area contributed by atoms with Gasteiger partial charge in [-0.3, -0.25) is 9.59 Å². The van der Waals surface area contributed by atoms with Crippen molar-refractivity contribution in [2.24, 2.45) is 0 Å². The number of pyridine rings is 1. The van der Waals surface area contributed by atoms with Gasteiger partial charge in [0.25, 0.3) is 11.8 Å². The topological polar surface area (TPSA) is 145 Å². The zero-order valence-electron chi connectivity index (χ0n) is 17.2. The van der Waals surface area contributed by atoms with Crippen molar-refractivity contribution in [1.82, 2.24) is 10.0 Å². The van der Waals surface area contributed by atoms with Crippen molar-refractivity contribution in [3.8, 4) is 0 Å². The summed E-state index contributed by atoms with van der Waals surface area (Å²) in [7, 11) is -4.11. The van der Waals surface area contributed by atoms with E-state index >= 15 is 0 Å². The Kier molecular flexibility index (Phi) is 10.4. The number of hydroxylamine groups is 2. The Balaban J connectivity index is 1.61. The molecule has 0 bridgehead atoms. The van der Waals surface area contributed by atoms with Crippen LogP contribution in [0.2, 0.25) is 0 Å². The van der Waals surface area contributed by atoms with Crippen LogP contribution >= 0.6 is 21.6 Å². The molecule has 1 aromatic heterocycles.